The molecule has 0 bridgehead atoms. The Bertz CT molecular complexity index is 425. The minimum Gasteiger partial charge on any atom is -0.369 e. The molecule has 0 unspecified atom stereocenters. The highest BCUT2D eigenvalue weighted by Crippen LogP contribution is 2.17. The molecule has 5 nitrogen and oxygen atoms in total. The van der Waals surface area contributed by atoms with Gasteiger partial charge in [-0.25, -0.2) is 0 Å². The van der Waals surface area contributed by atoms with Gasteiger partial charge in [0.1, 0.15) is 5.69 Å². The van der Waals surface area contributed by atoms with Crippen LogP contribution in [0.3, 0.4) is 0 Å². The van der Waals surface area contributed by atoms with Crippen LogP contribution in [0, 0.1) is 0 Å². The van der Waals surface area contributed by atoms with Crippen LogP contribution in [0.4, 0.5) is 5.69 Å². The van der Waals surface area contributed by atoms with E-state index in [0.717, 1.165) is 31.9 Å². The standard InChI is InChI=1S/C13H20N4O/c1-10(2)16-5-7-17(8-6-16)11-3-4-15-12(9-11)13(14)18/h3-4,9-10H,5-8H2,1-2H3,(H2,14,18). The lowest BCUT2D eigenvalue weighted by atomic mass is 10.2. The SMILES string of the molecule is CC(C)N1CCN(c2ccnc(C(N)=O)c2)CC1. The number of anilines is 1. The molecule has 0 aromatic carbocycles. The second-order valence-corrected chi connectivity index (χ2v) is 4.88. The number of nitrogens with two attached hydrogens (primary N) is 1. The number of primary amides is 1. The van der Waals surface area contributed by atoms with Gasteiger partial charge in [0.25, 0.3) is 5.91 Å². The summed E-state index contributed by atoms with van der Waals surface area (Å²) < 4.78 is 0. The number of rotatable bonds is 3. The van der Waals surface area contributed by atoms with Crippen LogP contribution in [0.2, 0.25) is 0 Å². The number of hydrogen-bond acceptors (Lipinski definition) is 4. The van der Waals surface area contributed by atoms with E-state index in [4.69, 9.17) is 5.73 Å². The van der Waals surface area contributed by atoms with Gasteiger partial charge in [0, 0.05) is 44.1 Å². The Balaban J connectivity index is 2.05. The first-order valence-corrected chi connectivity index (χ1v) is 6.33. The minimum absolute atomic E-state index is 0.332. The zero-order valence-electron chi connectivity index (χ0n) is 11.0. The van der Waals surface area contributed by atoms with Crippen LogP contribution in [0.25, 0.3) is 0 Å². The van der Waals surface area contributed by atoms with Crippen molar-refractivity contribution in [1.82, 2.24) is 9.88 Å². The summed E-state index contributed by atoms with van der Waals surface area (Å²) in [6, 6.07) is 4.29. The number of aromatic nitrogens is 1. The number of carbonyl (C=O) groups is 1. The van der Waals surface area contributed by atoms with Crippen LogP contribution in [0.5, 0.6) is 0 Å². The fourth-order valence-corrected chi connectivity index (χ4v) is 2.25. The highest BCUT2D eigenvalue weighted by atomic mass is 16.1. The molecule has 1 aromatic heterocycles. The molecule has 1 aliphatic heterocycles. The summed E-state index contributed by atoms with van der Waals surface area (Å²) in [5.74, 6) is -0.474. The lowest BCUT2D eigenvalue weighted by Gasteiger charge is -2.38. The predicted octanol–water partition coefficient (Wildman–Crippen LogP) is 0.711. The van der Waals surface area contributed by atoms with Gasteiger partial charge in [0.05, 0.1) is 0 Å². The summed E-state index contributed by atoms with van der Waals surface area (Å²) in [7, 11) is 0. The van der Waals surface area contributed by atoms with Crippen molar-refractivity contribution >= 4 is 11.6 Å². The molecular formula is C13H20N4O. The van der Waals surface area contributed by atoms with Crippen molar-refractivity contribution in [3.63, 3.8) is 0 Å². The number of piperazine rings is 1. The smallest absolute Gasteiger partial charge is 0.267 e. The van der Waals surface area contributed by atoms with E-state index in [-0.39, 0.29) is 0 Å². The fraction of sp³-hybridized carbons (Fsp3) is 0.538. The summed E-state index contributed by atoms with van der Waals surface area (Å²) in [4.78, 5) is 19.8. The third-order valence-electron chi connectivity index (χ3n) is 3.41. The van der Waals surface area contributed by atoms with Gasteiger partial charge in [-0.2, -0.15) is 0 Å². The van der Waals surface area contributed by atoms with Crippen LogP contribution in [0.1, 0.15) is 24.3 Å². The fourth-order valence-electron chi connectivity index (χ4n) is 2.25. The number of pyridine rings is 1. The molecule has 1 saturated heterocycles. The van der Waals surface area contributed by atoms with Crippen molar-refractivity contribution in [3.8, 4) is 0 Å². The van der Waals surface area contributed by atoms with Gasteiger partial charge in [0.2, 0.25) is 0 Å². The van der Waals surface area contributed by atoms with E-state index in [9.17, 15) is 4.79 Å². The molecule has 1 aromatic rings. The zero-order valence-corrected chi connectivity index (χ0v) is 11.0. The van der Waals surface area contributed by atoms with Crippen molar-refractivity contribution in [2.24, 2.45) is 5.73 Å². The molecule has 1 fully saturated rings. The highest BCUT2D eigenvalue weighted by molar-refractivity contribution is 5.91. The number of hydrogen-bond donors (Lipinski definition) is 1. The highest BCUT2D eigenvalue weighted by Gasteiger charge is 2.19. The van der Waals surface area contributed by atoms with Gasteiger partial charge < -0.3 is 10.6 Å². The third-order valence-corrected chi connectivity index (χ3v) is 3.41. The van der Waals surface area contributed by atoms with E-state index < -0.39 is 5.91 Å². The Morgan fingerprint density at radius 1 is 1.33 bits per heavy atom. The number of carbonyl (C=O) groups excluding carboxylic acids is 1. The number of nitrogens with zero attached hydrogens (tertiary/aromatic N) is 3. The molecule has 0 spiro atoms. The first-order chi connectivity index (χ1) is 8.58. The van der Waals surface area contributed by atoms with Crippen LogP contribution in [0.15, 0.2) is 18.3 Å². The Labute approximate surface area is 108 Å². The molecule has 98 valence electrons. The van der Waals surface area contributed by atoms with Gasteiger partial charge in [-0.1, -0.05) is 0 Å². The summed E-state index contributed by atoms with van der Waals surface area (Å²) in [5.41, 5.74) is 6.61. The van der Waals surface area contributed by atoms with Gasteiger partial charge in [-0.3, -0.25) is 14.7 Å². The molecule has 2 rings (SSSR count). The Hall–Kier alpha value is -1.62. The predicted molar refractivity (Wildman–Crippen MR) is 71.7 cm³/mol. The monoisotopic (exact) mass is 248 g/mol. The topological polar surface area (TPSA) is 62.5 Å². The van der Waals surface area contributed by atoms with Crippen molar-refractivity contribution < 1.29 is 4.79 Å². The summed E-state index contributed by atoms with van der Waals surface area (Å²) in [5, 5.41) is 0. The van der Waals surface area contributed by atoms with Gasteiger partial charge in [-0.05, 0) is 26.0 Å². The lowest BCUT2D eigenvalue weighted by molar-refractivity contribution is 0.0995. The normalized spacial score (nSPS) is 17.2. The first kappa shape index (κ1) is 12.8. The van der Waals surface area contributed by atoms with E-state index in [2.05, 4.69) is 28.6 Å². The molecule has 0 aliphatic carbocycles. The molecule has 2 heterocycles. The summed E-state index contributed by atoms with van der Waals surface area (Å²) in [6.45, 7) is 8.47. The van der Waals surface area contributed by atoms with E-state index in [0.29, 0.717) is 11.7 Å². The molecule has 0 atom stereocenters. The minimum atomic E-state index is -0.474. The second-order valence-electron chi connectivity index (χ2n) is 4.88. The van der Waals surface area contributed by atoms with Gasteiger partial charge in [-0.15, -0.1) is 0 Å². The van der Waals surface area contributed by atoms with E-state index in [1.165, 1.54) is 0 Å². The molecule has 0 saturated carbocycles. The maximum atomic E-state index is 11.1. The average Bonchev–Trinajstić information content (AvgIpc) is 2.39. The van der Waals surface area contributed by atoms with E-state index in [1.807, 2.05) is 6.07 Å². The maximum absolute atomic E-state index is 11.1. The van der Waals surface area contributed by atoms with Gasteiger partial charge in [0.15, 0.2) is 0 Å². The molecular weight excluding hydrogens is 228 g/mol. The zero-order chi connectivity index (χ0) is 13.1. The first-order valence-electron chi connectivity index (χ1n) is 6.33. The molecule has 1 aliphatic rings. The second kappa shape index (κ2) is 5.35. The Morgan fingerprint density at radius 2 is 2.00 bits per heavy atom. The summed E-state index contributed by atoms with van der Waals surface area (Å²) >= 11 is 0. The largest absolute Gasteiger partial charge is 0.369 e. The molecule has 0 radical (unpaired) electrons. The molecule has 1 amide bonds. The quantitative estimate of drug-likeness (QED) is 0.855. The maximum Gasteiger partial charge on any atom is 0.267 e. The van der Waals surface area contributed by atoms with Crippen LogP contribution < -0.4 is 10.6 Å². The average molecular weight is 248 g/mol. The van der Waals surface area contributed by atoms with Gasteiger partial charge >= 0.3 is 0 Å². The van der Waals surface area contributed by atoms with Crippen molar-refractivity contribution in [2.45, 2.75) is 19.9 Å². The van der Waals surface area contributed by atoms with E-state index in [1.54, 1.807) is 12.3 Å². The Kier molecular flexibility index (Phi) is 3.81. The van der Waals surface area contributed by atoms with E-state index >= 15 is 0 Å². The van der Waals surface area contributed by atoms with Crippen molar-refractivity contribution in [1.29, 1.82) is 0 Å². The number of amides is 1. The van der Waals surface area contributed by atoms with Crippen LogP contribution in [-0.4, -0.2) is 48.0 Å². The summed E-state index contributed by atoms with van der Waals surface area (Å²) in [6.07, 6.45) is 1.64. The lowest BCUT2D eigenvalue weighted by Crippen LogP contribution is -2.48. The Morgan fingerprint density at radius 3 is 2.56 bits per heavy atom. The van der Waals surface area contributed by atoms with Crippen molar-refractivity contribution in [2.75, 3.05) is 31.1 Å². The molecule has 5 heteroatoms. The van der Waals surface area contributed by atoms with Crippen LogP contribution >= 0.6 is 0 Å². The van der Waals surface area contributed by atoms with Crippen LogP contribution in [-0.2, 0) is 0 Å². The molecule has 2 N–H and O–H groups in total. The molecule has 18 heavy (non-hydrogen) atoms. The van der Waals surface area contributed by atoms with Crippen molar-refractivity contribution in [3.05, 3.63) is 24.0 Å². The third kappa shape index (κ3) is 2.79.